The Labute approximate surface area is 157 Å². The summed E-state index contributed by atoms with van der Waals surface area (Å²) >= 11 is 0. The van der Waals surface area contributed by atoms with E-state index in [4.69, 9.17) is 4.74 Å². The number of hydrogen-bond donors (Lipinski definition) is 3. The minimum absolute atomic E-state index is 0.148. The monoisotopic (exact) mass is 369 g/mol. The van der Waals surface area contributed by atoms with E-state index in [9.17, 15) is 14.4 Å². The molecule has 1 aliphatic rings. The number of aryl methyl sites for hydroxylation is 1. The topological polar surface area (TPSA) is 100 Å². The Balaban J connectivity index is 1.76. The van der Waals surface area contributed by atoms with Crippen molar-refractivity contribution in [1.29, 1.82) is 0 Å². The van der Waals surface area contributed by atoms with Crippen LogP contribution in [0.2, 0.25) is 0 Å². The highest BCUT2D eigenvalue weighted by Gasteiger charge is 2.25. The van der Waals surface area contributed by atoms with Crippen LogP contribution >= 0.6 is 0 Å². The minimum Gasteiger partial charge on any atom is -0.462 e. The number of aromatic amines is 1. The first kappa shape index (κ1) is 18.7. The summed E-state index contributed by atoms with van der Waals surface area (Å²) in [5.74, 6) is -0.988. The SMILES string of the molecule is CCOC(=O)c1c(C)[nH]c(C(=O)Nc2cccc(C(=O)NC3CC3)c2)c1C. The molecule has 7 heteroatoms. The fourth-order valence-electron chi connectivity index (χ4n) is 2.91. The van der Waals surface area contributed by atoms with Crippen molar-refractivity contribution in [2.24, 2.45) is 0 Å². The zero-order valence-corrected chi connectivity index (χ0v) is 15.6. The maximum Gasteiger partial charge on any atom is 0.340 e. The molecule has 0 radical (unpaired) electrons. The van der Waals surface area contributed by atoms with Gasteiger partial charge in [-0.15, -0.1) is 0 Å². The van der Waals surface area contributed by atoms with Gasteiger partial charge < -0.3 is 20.4 Å². The molecule has 3 rings (SSSR count). The maximum absolute atomic E-state index is 12.7. The van der Waals surface area contributed by atoms with E-state index >= 15 is 0 Å². The molecule has 1 aromatic heterocycles. The quantitative estimate of drug-likeness (QED) is 0.682. The summed E-state index contributed by atoms with van der Waals surface area (Å²) in [5.41, 5.74) is 2.78. The van der Waals surface area contributed by atoms with Gasteiger partial charge in [-0.05, 0) is 57.4 Å². The van der Waals surface area contributed by atoms with Gasteiger partial charge in [-0.2, -0.15) is 0 Å². The van der Waals surface area contributed by atoms with Crippen LogP contribution in [0.15, 0.2) is 24.3 Å². The lowest BCUT2D eigenvalue weighted by Gasteiger charge is -2.08. The number of rotatable bonds is 6. The molecule has 0 aliphatic heterocycles. The van der Waals surface area contributed by atoms with Gasteiger partial charge in [-0.25, -0.2) is 4.79 Å². The second-order valence-corrected chi connectivity index (χ2v) is 6.63. The summed E-state index contributed by atoms with van der Waals surface area (Å²) < 4.78 is 5.04. The van der Waals surface area contributed by atoms with Crippen LogP contribution in [0.5, 0.6) is 0 Å². The molecule has 0 atom stereocenters. The van der Waals surface area contributed by atoms with Gasteiger partial charge >= 0.3 is 5.97 Å². The first-order chi connectivity index (χ1) is 12.9. The third-order valence-electron chi connectivity index (χ3n) is 4.44. The van der Waals surface area contributed by atoms with E-state index in [2.05, 4.69) is 15.6 Å². The zero-order chi connectivity index (χ0) is 19.6. The number of esters is 1. The molecule has 1 aromatic carbocycles. The fraction of sp³-hybridized carbons (Fsp3) is 0.350. The second-order valence-electron chi connectivity index (χ2n) is 6.63. The lowest BCUT2D eigenvalue weighted by atomic mass is 10.1. The van der Waals surface area contributed by atoms with Crippen LogP contribution in [0, 0.1) is 13.8 Å². The number of H-pyrrole nitrogens is 1. The highest BCUT2D eigenvalue weighted by molar-refractivity contribution is 6.07. The van der Waals surface area contributed by atoms with Crippen LogP contribution in [0.3, 0.4) is 0 Å². The number of anilines is 1. The Kier molecular flexibility index (Phi) is 5.30. The van der Waals surface area contributed by atoms with E-state index in [-0.39, 0.29) is 24.5 Å². The predicted molar refractivity (Wildman–Crippen MR) is 101 cm³/mol. The van der Waals surface area contributed by atoms with Gasteiger partial charge in [0.05, 0.1) is 12.2 Å². The van der Waals surface area contributed by atoms with E-state index in [0.717, 1.165) is 12.8 Å². The number of carbonyl (C=O) groups excluding carboxylic acids is 3. The summed E-state index contributed by atoms with van der Waals surface area (Å²) in [4.78, 5) is 39.8. The summed E-state index contributed by atoms with van der Waals surface area (Å²) in [6.45, 7) is 5.42. The first-order valence-corrected chi connectivity index (χ1v) is 8.99. The number of ether oxygens (including phenoxy) is 1. The van der Waals surface area contributed by atoms with Crippen molar-refractivity contribution in [3.63, 3.8) is 0 Å². The molecular formula is C20H23N3O4. The van der Waals surface area contributed by atoms with E-state index in [1.54, 1.807) is 45.0 Å². The third-order valence-corrected chi connectivity index (χ3v) is 4.44. The van der Waals surface area contributed by atoms with Crippen LogP contribution in [-0.4, -0.2) is 35.4 Å². The van der Waals surface area contributed by atoms with Crippen molar-refractivity contribution in [2.75, 3.05) is 11.9 Å². The van der Waals surface area contributed by atoms with E-state index in [0.29, 0.717) is 33.8 Å². The summed E-state index contributed by atoms with van der Waals surface area (Å²) in [7, 11) is 0. The molecule has 0 unspecified atom stereocenters. The van der Waals surface area contributed by atoms with Crippen LogP contribution in [-0.2, 0) is 4.74 Å². The Morgan fingerprint density at radius 2 is 1.93 bits per heavy atom. The van der Waals surface area contributed by atoms with Crippen LogP contribution in [0.1, 0.15) is 62.2 Å². The largest absolute Gasteiger partial charge is 0.462 e. The van der Waals surface area contributed by atoms with Crippen molar-refractivity contribution in [3.05, 3.63) is 52.3 Å². The van der Waals surface area contributed by atoms with Gasteiger partial charge in [0.25, 0.3) is 11.8 Å². The van der Waals surface area contributed by atoms with Gasteiger partial charge in [-0.3, -0.25) is 9.59 Å². The molecule has 7 nitrogen and oxygen atoms in total. The molecule has 0 bridgehead atoms. The fourth-order valence-corrected chi connectivity index (χ4v) is 2.91. The van der Waals surface area contributed by atoms with Crippen molar-refractivity contribution in [3.8, 4) is 0 Å². The van der Waals surface area contributed by atoms with Crippen molar-refractivity contribution in [1.82, 2.24) is 10.3 Å². The standard InChI is InChI=1S/C20H23N3O4/c1-4-27-20(26)16-11(2)17(21-12(16)3)19(25)23-15-7-5-6-13(10-15)18(24)22-14-8-9-14/h5-7,10,14,21H,4,8-9H2,1-3H3,(H,22,24)(H,23,25). The molecule has 2 amide bonds. The summed E-state index contributed by atoms with van der Waals surface area (Å²) in [6, 6.07) is 7.03. The summed E-state index contributed by atoms with van der Waals surface area (Å²) in [6.07, 6.45) is 2.02. The molecule has 27 heavy (non-hydrogen) atoms. The lowest BCUT2D eigenvalue weighted by molar-refractivity contribution is 0.0524. The molecule has 3 N–H and O–H groups in total. The number of aromatic nitrogens is 1. The number of amides is 2. The van der Waals surface area contributed by atoms with Gasteiger partial charge in [0, 0.05) is 23.0 Å². The zero-order valence-electron chi connectivity index (χ0n) is 15.6. The first-order valence-electron chi connectivity index (χ1n) is 8.99. The molecule has 142 valence electrons. The molecule has 2 aromatic rings. The molecule has 1 saturated carbocycles. The average Bonchev–Trinajstić information content (AvgIpc) is 3.38. The molecular weight excluding hydrogens is 346 g/mol. The van der Waals surface area contributed by atoms with Crippen molar-refractivity contribution < 1.29 is 19.1 Å². The highest BCUT2D eigenvalue weighted by atomic mass is 16.5. The molecule has 0 spiro atoms. The van der Waals surface area contributed by atoms with Crippen molar-refractivity contribution >= 4 is 23.5 Å². The Hall–Kier alpha value is -3.09. The van der Waals surface area contributed by atoms with Gasteiger partial charge in [0.2, 0.25) is 0 Å². The molecule has 1 heterocycles. The minimum atomic E-state index is -0.457. The van der Waals surface area contributed by atoms with Crippen LogP contribution in [0.25, 0.3) is 0 Å². The Bertz CT molecular complexity index is 897. The summed E-state index contributed by atoms with van der Waals surface area (Å²) in [5, 5.41) is 5.69. The normalized spacial score (nSPS) is 13.1. The second kappa shape index (κ2) is 7.65. The average molecular weight is 369 g/mol. The van der Waals surface area contributed by atoms with E-state index in [1.807, 2.05) is 0 Å². The molecule has 1 fully saturated rings. The van der Waals surface area contributed by atoms with Crippen LogP contribution in [0.4, 0.5) is 5.69 Å². The van der Waals surface area contributed by atoms with E-state index in [1.165, 1.54) is 0 Å². The number of benzene rings is 1. The number of carbonyl (C=O) groups is 3. The van der Waals surface area contributed by atoms with Crippen molar-refractivity contribution in [2.45, 2.75) is 39.7 Å². The molecule has 0 saturated heterocycles. The van der Waals surface area contributed by atoms with Gasteiger partial charge in [-0.1, -0.05) is 6.07 Å². The predicted octanol–water partition coefficient (Wildman–Crippen LogP) is 2.95. The maximum atomic E-state index is 12.7. The van der Waals surface area contributed by atoms with Gasteiger partial charge in [0.15, 0.2) is 0 Å². The Morgan fingerprint density at radius 3 is 2.59 bits per heavy atom. The smallest absolute Gasteiger partial charge is 0.340 e. The number of nitrogens with one attached hydrogen (secondary N) is 3. The van der Waals surface area contributed by atoms with Crippen LogP contribution < -0.4 is 10.6 Å². The van der Waals surface area contributed by atoms with Gasteiger partial charge in [0.1, 0.15) is 5.69 Å². The highest BCUT2D eigenvalue weighted by Crippen LogP contribution is 2.22. The Morgan fingerprint density at radius 1 is 1.19 bits per heavy atom. The molecule has 1 aliphatic carbocycles. The third kappa shape index (κ3) is 4.19. The van der Waals surface area contributed by atoms with E-state index < -0.39 is 5.97 Å². The lowest BCUT2D eigenvalue weighted by Crippen LogP contribution is -2.25. The number of hydrogen-bond acceptors (Lipinski definition) is 4.